The normalized spacial score (nSPS) is 7.25. The lowest BCUT2D eigenvalue weighted by Crippen LogP contribution is -2.08. The van der Waals surface area contributed by atoms with E-state index >= 15 is 0 Å². The summed E-state index contributed by atoms with van der Waals surface area (Å²) in [5.74, 6) is -1.90. The summed E-state index contributed by atoms with van der Waals surface area (Å²) in [6, 6.07) is 0. The van der Waals surface area contributed by atoms with Gasteiger partial charge in [0.1, 0.15) is 6.61 Å². The summed E-state index contributed by atoms with van der Waals surface area (Å²) in [6.45, 7) is 14.1. The Kier molecular flexibility index (Phi) is 26.6. The lowest BCUT2D eigenvalue weighted by Gasteiger charge is -1.99. The van der Waals surface area contributed by atoms with Gasteiger partial charge in [-0.3, -0.25) is 14.4 Å². The lowest BCUT2D eigenvalue weighted by atomic mass is 10.4. The van der Waals surface area contributed by atoms with E-state index < -0.39 is 23.7 Å². The third-order valence-electron chi connectivity index (χ3n) is 1.28. The van der Waals surface area contributed by atoms with Crippen LogP contribution < -0.4 is 17.2 Å². The number of carbonyl (C=O) groups excluding carboxylic acids is 4. The molecule has 136 valence electrons. The summed E-state index contributed by atoms with van der Waals surface area (Å²) >= 11 is 0. The summed E-state index contributed by atoms with van der Waals surface area (Å²) in [5, 5.41) is 8.19. The van der Waals surface area contributed by atoms with Gasteiger partial charge in [-0.25, -0.2) is 4.79 Å². The molecule has 7 N–H and O–H groups in total. The van der Waals surface area contributed by atoms with Crippen LogP contribution in [0.2, 0.25) is 0 Å². The van der Waals surface area contributed by atoms with Crippen LogP contribution in [0, 0.1) is 0 Å². The molecule has 9 heteroatoms. The first-order chi connectivity index (χ1) is 11.0. The first-order valence-electron chi connectivity index (χ1n) is 6.19. The van der Waals surface area contributed by atoms with E-state index in [0.29, 0.717) is 5.57 Å². The molecule has 0 aromatic heterocycles. The van der Waals surface area contributed by atoms with Crippen LogP contribution in [0.25, 0.3) is 0 Å². The lowest BCUT2D eigenvalue weighted by molar-refractivity contribution is -0.139. The molecule has 0 heterocycles. The molecule has 0 aliphatic carbocycles. The number of nitrogens with two attached hydrogens (primary N) is 3. The van der Waals surface area contributed by atoms with Crippen molar-refractivity contribution in [2.75, 3.05) is 13.2 Å². The van der Waals surface area contributed by atoms with E-state index in [1.807, 2.05) is 0 Å². The minimum atomic E-state index is -0.481. The Bertz CT molecular complexity index is 415. The smallest absolute Gasteiger partial charge is 0.333 e. The number of primary amides is 3. The van der Waals surface area contributed by atoms with Crippen LogP contribution in [0.4, 0.5) is 0 Å². The zero-order valence-corrected chi connectivity index (χ0v) is 13.7. The number of aliphatic hydroxyl groups is 1. The quantitative estimate of drug-likeness (QED) is 0.357. The van der Waals surface area contributed by atoms with Gasteiger partial charge < -0.3 is 27.0 Å². The highest BCUT2D eigenvalue weighted by Crippen LogP contribution is 1.89. The SMILES string of the molecule is C=C(C)C(=O)OCCO.C=CC(N)=O.C=CC(N)=O.C=CC(N)=O. The van der Waals surface area contributed by atoms with Crippen LogP contribution >= 0.6 is 0 Å². The third-order valence-corrected chi connectivity index (χ3v) is 1.28. The van der Waals surface area contributed by atoms with Crippen molar-refractivity contribution in [3.8, 4) is 0 Å². The Labute approximate surface area is 141 Å². The van der Waals surface area contributed by atoms with Crippen molar-refractivity contribution in [2.45, 2.75) is 6.92 Å². The molecule has 0 radical (unpaired) electrons. The van der Waals surface area contributed by atoms with Gasteiger partial charge in [-0.05, 0) is 25.2 Å². The minimum Gasteiger partial charge on any atom is -0.460 e. The standard InChI is InChI=1S/C6H10O3.3C3H5NO/c1-5(2)6(8)9-4-3-7;3*1-2-3(4)5/h7H,1,3-4H2,2H3;3*2H,1H2,(H2,4,5). The molecule has 0 aliphatic rings. The van der Waals surface area contributed by atoms with Crippen molar-refractivity contribution in [3.05, 3.63) is 50.1 Å². The van der Waals surface area contributed by atoms with Crippen LogP contribution in [-0.2, 0) is 23.9 Å². The van der Waals surface area contributed by atoms with Crippen molar-refractivity contribution in [3.63, 3.8) is 0 Å². The second-order valence-corrected chi connectivity index (χ2v) is 3.46. The van der Waals surface area contributed by atoms with Gasteiger partial charge in [0.15, 0.2) is 0 Å². The Morgan fingerprint density at radius 3 is 1.29 bits per heavy atom. The molecule has 0 spiro atoms. The molecule has 0 saturated carbocycles. The van der Waals surface area contributed by atoms with E-state index in [4.69, 9.17) is 5.11 Å². The summed E-state index contributed by atoms with van der Waals surface area (Å²) in [5.41, 5.74) is 14.0. The zero-order chi connectivity index (χ0) is 20.1. The maximum Gasteiger partial charge on any atom is 0.333 e. The molecule has 0 aromatic rings. The third kappa shape index (κ3) is 51.1. The minimum absolute atomic E-state index is 0.0473. The summed E-state index contributed by atoms with van der Waals surface area (Å²) in [6.07, 6.45) is 3.17. The molecular weight excluding hydrogens is 318 g/mol. The van der Waals surface area contributed by atoms with Crippen LogP contribution in [-0.4, -0.2) is 42.0 Å². The second-order valence-electron chi connectivity index (χ2n) is 3.46. The highest BCUT2D eigenvalue weighted by Gasteiger charge is 1.99. The largest absolute Gasteiger partial charge is 0.460 e. The first-order valence-corrected chi connectivity index (χ1v) is 6.19. The van der Waals surface area contributed by atoms with E-state index in [-0.39, 0.29) is 13.2 Å². The molecule has 0 rings (SSSR count). The van der Waals surface area contributed by atoms with E-state index in [9.17, 15) is 19.2 Å². The molecule has 0 fully saturated rings. The molecule has 0 saturated heterocycles. The van der Waals surface area contributed by atoms with Gasteiger partial charge in [0.2, 0.25) is 17.7 Å². The maximum atomic E-state index is 10.5. The fourth-order valence-electron chi connectivity index (χ4n) is 0.262. The fourth-order valence-corrected chi connectivity index (χ4v) is 0.262. The Morgan fingerprint density at radius 1 is 0.917 bits per heavy atom. The van der Waals surface area contributed by atoms with Gasteiger partial charge in [-0.1, -0.05) is 26.3 Å². The number of carbonyl (C=O) groups is 4. The number of esters is 1. The van der Waals surface area contributed by atoms with Crippen molar-refractivity contribution in [1.82, 2.24) is 0 Å². The molecule has 24 heavy (non-hydrogen) atoms. The van der Waals surface area contributed by atoms with E-state index in [0.717, 1.165) is 18.2 Å². The molecule has 0 bridgehead atoms. The molecular formula is C15H25N3O6. The first kappa shape index (κ1) is 28.9. The van der Waals surface area contributed by atoms with Crippen LogP contribution in [0.5, 0.6) is 0 Å². The average Bonchev–Trinajstić information content (AvgIpc) is 2.53. The van der Waals surface area contributed by atoms with Gasteiger partial charge in [0, 0.05) is 5.57 Å². The van der Waals surface area contributed by atoms with Gasteiger partial charge in [0.25, 0.3) is 0 Å². The van der Waals surface area contributed by atoms with Gasteiger partial charge in [-0.15, -0.1) is 0 Å². The highest BCUT2D eigenvalue weighted by molar-refractivity contribution is 5.87. The Morgan fingerprint density at radius 2 is 1.17 bits per heavy atom. The molecule has 0 unspecified atom stereocenters. The van der Waals surface area contributed by atoms with E-state index in [2.05, 4.69) is 48.3 Å². The van der Waals surface area contributed by atoms with Gasteiger partial charge >= 0.3 is 5.97 Å². The Balaban J connectivity index is -0.000000116. The number of rotatable bonds is 6. The van der Waals surface area contributed by atoms with Crippen LogP contribution in [0.15, 0.2) is 50.1 Å². The van der Waals surface area contributed by atoms with Gasteiger partial charge in [0.05, 0.1) is 6.61 Å². The highest BCUT2D eigenvalue weighted by atomic mass is 16.5. The Hall–Kier alpha value is -3.20. The van der Waals surface area contributed by atoms with E-state index in [1.54, 1.807) is 6.92 Å². The van der Waals surface area contributed by atoms with Crippen molar-refractivity contribution in [1.29, 1.82) is 0 Å². The van der Waals surface area contributed by atoms with Crippen LogP contribution in [0.1, 0.15) is 6.92 Å². The molecule has 0 atom stereocenters. The predicted octanol–water partition coefficient (Wildman–Crippen LogP) is -0.929. The van der Waals surface area contributed by atoms with Crippen molar-refractivity contribution in [2.24, 2.45) is 17.2 Å². The molecule has 3 amide bonds. The van der Waals surface area contributed by atoms with E-state index in [1.165, 1.54) is 0 Å². The number of aliphatic hydroxyl groups excluding tert-OH is 1. The molecule has 0 aliphatic heterocycles. The monoisotopic (exact) mass is 343 g/mol. The summed E-state index contributed by atoms with van der Waals surface area (Å²) < 4.78 is 4.46. The number of ether oxygens (including phenoxy) is 1. The van der Waals surface area contributed by atoms with Crippen molar-refractivity contribution >= 4 is 23.7 Å². The van der Waals surface area contributed by atoms with Crippen molar-refractivity contribution < 1.29 is 29.0 Å². The summed E-state index contributed by atoms with van der Waals surface area (Å²) in [7, 11) is 0. The van der Waals surface area contributed by atoms with Crippen LogP contribution in [0.3, 0.4) is 0 Å². The predicted molar refractivity (Wildman–Crippen MR) is 91.0 cm³/mol. The average molecular weight is 343 g/mol. The molecule has 0 aromatic carbocycles. The number of amides is 3. The second kappa shape index (κ2) is 22.1. The topological polar surface area (TPSA) is 176 Å². The fraction of sp³-hybridized carbons (Fsp3) is 0.200. The maximum absolute atomic E-state index is 10.5. The number of hydrogen-bond acceptors (Lipinski definition) is 6. The zero-order valence-electron chi connectivity index (χ0n) is 13.7. The summed E-state index contributed by atoms with van der Waals surface area (Å²) in [4.78, 5) is 38.9. The molecule has 9 nitrogen and oxygen atoms in total. The van der Waals surface area contributed by atoms with Gasteiger partial charge in [-0.2, -0.15) is 0 Å². The number of hydrogen-bond donors (Lipinski definition) is 4.